The number of quaternary nitrogens is 1. The lowest BCUT2D eigenvalue weighted by molar-refractivity contribution is -0.151. The average molecular weight is 268 g/mol. The predicted molar refractivity (Wildman–Crippen MR) is 64.8 cm³/mol. The number of anilines is 1. The first-order valence-electron chi connectivity index (χ1n) is 5.38. The summed E-state index contributed by atoms with van der Waals surface area (Å²) in [5, 5.41) is 30.3. The first-order chi connectivity index (χ1) is 8.86. The number of rotatable bonds is 3. The fourth-order valence-corrected chi connectivity index (χ4v) is 1.92. The first-order valence-corrected chi connectivity index (χ1v) is 5.38. The van der Waals surface area contributed by atoms with Crippen LogP contribution in [-0.4, -0.2) is 42.4 Å². The van der Waals surface area contributed by atoms with Crippen LogP contribution >= 0.6 is 0 Å². The lowest BCUT2D eigenvalue weighted by Crippen LogP contribution is -2.55. The SMILES string of the molecule is COc1ccc2c(c1)[N+]([O-])(O)C(=O)CN2CC(=O)O. The van der Waals surface area contributed by atoms with Crippen LogP contribution in [0.25, 0.3) is 0 Å². The third-order valence-electron chi connectivity index (χ3n) is 2.84. The number of carboxylic acid groups (broad SMARTS) is 1. The molecule has 0 fully saturated rings. The van der Waals surface area contributed by atoms with E-state index in [9.17, 15) is 20.0 Å². The molecule has 1 unspecified atom stereocenters. The lowest BCUT2D eigenvalue weighted by Gasteiger charge is -2.39. The van der Waals surface area contributed by atoms with E-state index < -0.39 is 29.8 Å². The van der Waals surface area contributed by atoms with Gasteiger partial charge in [-0.1, -0.05) is 0 Å². The molecule has 2 N–H and O–H groups in total. The van der Waals surface area contributed by atoms with Crippen LogP contribution in [0.15, 0.2) is 18.2 Å². The number of nitrogens with zero attached hydrogens (tertiary/aromatic N) is 2. The monoisotopic (exact) mass is 268 g/mol. The maximum absolute atomic E-state index is 11.9. The molecule has 1 aliphatic heterocycles. The van der Waals surface area contributed by atoms with Crippen molar-refractivity contribution in [3.63, 3.8) is 0 Å². The summed E-state index contributed by atoms with van der Waals surface area (Å²) in [4.78, 5) is 21.4. The zero-order chi connectivity index (χ0) is 14.2. The fraction of sp³-hybridized carbons (Fsp3) is 0.273. The normalized spacial score (nSPS) is 22.1. The van der Waals surface area contributed by atoms with E-state index in [1.807, 2.05) is 0 Å². The molecule has 1 atom stereocenters. The molecule has 0 saturated carbocycles. The molecular formula is C11H12N2O6. The molecule has 0 aromatic heterocycles. The molecule has 102 valence electrons. The maximum atomic E-state index is 11.9. The summed E-state index contributed by atoms with van der Waals surface area (Å²) in [5.74, 6) is -1.91. The van der Waals surface area contributed by atoms with Gasteiger partial charge in [-0.25, -0.2) is 10.0 Å². The minimum absolute atomic E-state index is 0.195. The Morgan fingerprint density at radius 1 is 1.58 bits per heavy atom. The highest BCUT2D eigenvalue weighted by molar-refractivity contribution is 5.99. The molecule has 1 heterocycles. The Bertz CT molecular complexity index is 542. The van der Waals surface area contributed by atoms with Gasteiger partial charge in [0, 0.05) is 6.07 Å². The second-order valence-electron chi connectivity index (χ2n) is 4.07. The molecule has 8 heteroatoms. The summed E-state index contributed by atoms with van der Waals surface area (Å²) < 4.78 is 4.92. The molecule has 0 saturated heterocycles. The number of hydrogen-bond donors (Lipinski definition) is 2. The predicted octanol–water partition coefficient (Wildman–Crippen LogP) is 0.321. The summed E-state index contributed by atoms with van der Waals surface area (Å²) >= 11 is 0. The molecule has 1 amide bonds. The number of carboxylic acids is 1. The Kier molecular flexibility index (Phi) is 3.14. The Balaban J connectivity index is 2.53. The highest BCUT2D eigenvalue weighted by Crippen LogP contribution is 2.39. The second kappa shape index (κ2) is 4.50. The summed E-state index contributed by atoms with van der Waals surface area (Å²) in [5.41, 5.74) is -0.0582. The largest absolute Gasteiger partial charge is 0.586 e. The van der Waals surface area contributed by atoms with Gasteiger partial charge >= 0.3 is 11.9 Å². The topological polar surface area (TPSA) is 110 Å². The van der Waals surface area contributed by atoms with Crippen molar-refractivity contribution in [3.05, 3.63) is 23.4 Å². The number of hydrogen-bond acceptors (Lipinski definition) is 6. The van der Waals surface area contributed by atoms with Crippen molar-refractivity contribution in [2.45, 2.75) is 0 Å². The van der Waals surface area contributed by atoms with Gasteiger partial charge in [0.25, 0.3) is 0 Å². The zero-order valence-corrected chi connectivity index (χ0v) is 10.1. The minimum Gasteiger partial charge on any atom is -0.586 e. The van der Waals surface area contributed by atoms with E-state index in [0.717, 1.165) is 0 Å². The lowest BCUT2D eigenvalue weighted by atomic mass is 10.1. The van der Waals surface area contributed by atoms with Gasteiger partial charge < -0.3 is 20.0 Å². The van der Waals surface area contributed by atoms with Gasteiger partial charge in [0.15, 0.2) is 0 Å². The van der Waals surface area contributed by atoms with E-state index in [2.05, 4.69) is 0 Å². The second-order valence-corrected chi connectivity index (χ2v) is 4.07. The van der Waals surface area contributed by atoms with Crippen LogP contribution in [0.1, 0.15) is 0 Å². The van der Waals surface area contributed by atoms with Gasteiger partial charge in [-0.05, 0) is 12.1 Å². The van der Waals surface area contributed by atoms with Gasteiger partial charge in [-0.2, -0.15) is 0 Å². The number of ether oxygens (including phenoxy) is 1. The van der Waals surface area contributed by atoms with Crippen LogP contribution in [-0.2, 0) is 9.59 Å². The van der Waals surface area contributed by atoms with E-state index in [-0.39, 0.29) is 17.1 Å². The van der Waals surface area contributed by atoms with Crippen LogP contribution in [0.3, 0.4) is 0 Å². The summed E-state index contributed by atoms with van der Waals surface area (Å²) in [6, 6.07) is 4.17. The van der Waals surface area contributed by atoms with Gasteiger partial charge in [0.1, 0.15) is 24.5 Å². The molecule has 0 bridgehead atoms. The molecule has 0 aliphatic carbocycles. The standard InChI is InChI=1S/C11H12N2O6/c1-19-7-2-3-8-9(4-7)13(17,18)10(14)5-12(8)6-11(15)16/h2-4,17H,5-6H2,1H3,(H,15,16). The van der Waals surface area contributed by atoms with E-state index in [1.165, 1.54) is 30.2 Å². The molecule has 1 aliphatic rings. The Labute approximate surface area is 108 Å². The molecular weight excluding hydrogens is 256 g/mol. The van der Waals surface area contributed by atoms with E-state index in [4.69, 9.17) is 9.84 Å². The maximum Gasteiger partial charge on any atom is 0.370 e. The Hall–Kier alpha value is -2.16. The van der Waals surface area contributed by atoms with Crippen LogP contribution in [0.5, 0.6) is 5.75 Å². The van der Waals surface area contributed by atoms with Crippen molar-refractivity contribution in [1.29, 1.82) is 0 Å². The number of methoxy groups -OCH3 is 1. The van der Waals surface area contributed by atoms with Crippen LogP contribution < -0.4 is 14.4 Å². The molecule has 19 heavy (non-hydrogen) atoms. The van der Waals surface area contributed by atoms with E-state index >= 15 is 0 Å². The number of carbonyl (C=O) groups is 2. The number of fused-ring (bicyclic) bond motifs is 1. The molecule has 8 nitrogen and oxygen atoms in total. The van der Waals surface area contributed by atoms with E-state index in [1.54, 1.807) is 0 Å². The minimum atomic E-state index is -2.16. The van der Waals surface area contributed by atoms with Crippen molar-refractivity contribution in [2.24, 2.45) is 0 Å². The molecule has 1 aromatic rings. The van der Waals surface area contributed by atoms with Gasteiger partial charge in [-0.3, -0.25) is 4.79 Å². The van der Waals surface area contributed by atoms with Crippen molar-refractivity contribution >= 4 is 23.3 Å². The number of aliphatic carboxylic acids is 1. The Morgan fingerprint density at radius 3 is 2.84 bits per heavy atom. The number of benzene rings is 1. The van der Waals surface area contributed by atoms with Crippen LogP contribution in [0, 0.1) is 5.21 Å². The molecule has 0 radical (unpaired) electrons. The number of amides is 1. The number of hydroxylamine groups is 2. The highest BCUT2D eigenvalue weighted by Gasteiger charge is 2.40. The molecule has 0 spiro atoms. The zero-order valence-electron chi connectivity index (χ0n) is 10.1. The fourth-order valence-electron chi connectivity index (χ4n) is 1.92. The molecule has 2 rings (SSSR count). The molecule has 1 aromatic carbocycles. The number of carbonyl (C=O) groups excluding carboxylic acids is 1. The van der Waals surface area contributed by atoms with Crippen LogP contribution in [0.2, 0.25) is 0 Å². The first kappa shape index (κ1) is 13.3. The summed E-state index contributed by atoms with van der Waals surface area (Å²) in [6.07, 6.45) is 0. The van der Waals surface area contributed by atoms with Crippen molar-refractivity contribution in [3.8, 4) is 5.75 Å². The summed E-state index contributed by atoms with van der Waals surface area (Å²) in [7, 11) is 1.37. The van der Waals surface area contributed by atoms with Crippen molar-refractivity contribution < 1.29 is 24.6 Å². The third kappa shape index (κ3) is 2.24. The van der Waals surface area contributed by atoms with E-state index in [0.29, 0.717) is 0 Å². The smallest absolute Gasteiger partial charge is 0.370 e. The van der Waals surface area contributed by atoms with Gasteiger partial charge in [-0.15, -0.1) is 4.81 Å². The quantitative estimate of drug-likeness (QED) is 0.461. The van der Waals surface area contributed by atoms with Crippen LogP contribution in [0.4, 0.5) is 11.4 Å². The average Bonchev–Trinajstić information content (AvgIpc) is 2.35. The van der Waals surface area contributed by atoms with Gasteiger partial charge in [0.05, 0.1) is 7.11 Å². The highest BCUT2D eigenvalue weighted by atomic mass is 16.8. The van der Waals surface area contributed by atoms with Crippen molar-refractivity contribution in [1.82, 2.24) is 4.81 Å². The van der Waals surface area contributed by atoms with Crippen molar-refractivity contribution in [2.75, 3.05) is 25.1 Å². The Morgan fingerprint density at radius 2 is 2.26 bits per heavy atom. The summed E-state index contributed by atoms with van der Waals surface area (Å²) in [6.45, 7) is -0.906. The van der Waals surface area contributed by atoms with Gasteiger partial charge in [0.2, 0.25) is 5.69 Å². The third-order valence-corrected chi connectivity index (χ3v) is 2.84.